The van der Waals surface area contributed by atoms with Crippen LogP contribution in [0.1, 0.15) is 37.5 Å². The van der Waals surface area contributed by atoms with Crippen LogP contribution in [0.4, 0.5) is 5.69 Å². The first-order chi connectivity index (χ1) is 17.3. The highest BCUT2D eigenvalue weighted by atomic mass is 32.2. The van der Waals surface area contributed by atoms with Crippen LogP contribution in [0.3, 0.4) is 0 Å². The fraction of sp³-hybridized carbons (Fsp3) is 0.321. The number of ether oxygens (including phenoxy) is 1. The number of sulfonamides is 1. The number of aryl methyl sites for hydroxylation is 2. The van der Waals surface area contributed by atoms with Gasteiger partial charge in [-0.05, 0) is 79.1 Å². The van der Waals surface area contributed by atoms with Crippen molar-refractivity contribution in [3.05, 3.63) is 83.4 Å². The summed E-state index contributed by atoms with van der Waals surface area (Å²) < 4.78 is 34.4. The van der Waals surface area contributed by atoms with E-state index in [-0.39, 0.29) is 11.4 Å². The lowest BCUT2D eigenvalue weighted by Crippen LogP contribution is -2.41. The number of hydrogen-bond donors (Lipinski definition) is 1. The van der Waals surface area contributed by atoms with Crippen LogP contribution >= 0.6 is 11.8 Å². The summed E-state index contributed by atoms with van der Waals surface area (Å²) >= 11 is 1.53. The van der Waals surface area contributed by atoms with Crippen LogP contribution in [0.25, 0.3) is 0 Å². The van der Waals surface area contributed by atoms with Gasteiger partial charge in [-0.15, -0.1) is 11.8 Å². The van der Waals surface area contributed by atoms with Gasteiger partial charge in [-0.1, -0.05) is 44.2 Å². The number of nitrogens with one attached hydrogen (secondary N) is 1. The average molecular weight is 527 g/mol. The predicted molar refractivity (Wildman–Crippen MR) is 147 cm³/mol. The lowest BCUT2D eigenvalue weighted by atomic mass is 10.0. The van der Waals surface area contributed by atoms with E-state index in [0.717, 1.165) is 33.2 Å². The number of thioether (sulfide) groups is 1. The zero-order chi connectivity index (χ0) is 26.1. The van der Waals surface area contributed by atoms with Crippen LogP contribution in [0.5, 0.6) is 5.75 Å². The van der Waals surface area contributed by atoms with E-state index < -0.39 is 15.9 Å². The largest absolute Gasteiger partial charge is 0.492 e. The van der Waals surface area contributed by atoms with Crippen LogP contribution in [0.2, 0.25) is 0 Å². The van der Waals surface area contributed by atoms with Gasteiger partial charge < -0.3 is 10.1 Å². The van der Waals surface area contributed by atoms with Gasteiger partial charge in [0, 0.05) is 11.4 Å². The van der Waals surface area contributed by atoms with E-state index in [2.05, 4.69) is 37.4 Å². The molecule has 1 N–H and O–H groups in total. The third-order valence-corrected chi connectivity index (χ3v) is 8.42. The number of para-hydroxylation sites is 2. The first kappa shape index (κ1) is 27.6. The minimum Gasteiger partial charge on any atom is -0.492 e. The predicted octanol–water partition coefficient (Wildman–Crippen LogP) is 5.44. The fourth-order valence-electron chi connectivity index (χ4n) is 3.90. The van der Waals surface area contributed by atoms with Crippen molar-refractivity contribution in [1.82, 2.24) is 5.32 Å². The maximum atomic E-state index is 13.8. The minimum atomic E-state index is -4.04. The zero-order valence-corrected chi connectivity index (χ0v) is 22.9. The molecule has 0 saturated carbocycles. The smallest absolute Gasteiger partial charge is 0.264 e. The van der Waals surface area contributed by atoms with Crippen LogP contribution in [0.15, 0.2) is 76.5 Å². The van der Waals surface area contributed by atoms with Crippen molar-refractivity contribution in [2.24, 2.45) is 0 Å². The molecule has 0 bridgehead atoms. The summed E-state index contributed by atoms with van der Waals surface area (Å²) in [6.07, 6.45) is 3.68. The molecule has 0 saturated heterocycles. The fourth-order valence-corrected chi connectivity index (χ4v) is 5.74. The summed E-state index contributed by atoms with van der Waals surface area (Å²) in [6.45, 7) is 6.33. The van der Waals surface area contributed by atoms with Gasteiger partial charge in [0.2, 0.25) is 5.91 Å². The van der Waals surface area contributed by atoms with E-state index in [4.69, 9.17) is 4.74 Å². The number of benzene rings is 3. The molecule has 36 heavy (non-hydrogen) atoms. The quantitative estimate of drug-likeness (QED) is 0.318. The minimum absolute atomic E-state index is 0.114. The van der Waals surface area contributed by atoms with E-state index in [1.165, 1.54) is 17.3 Å². The van der Waals surface area contributed by atoms with Gasteiger partial charge in [0.1, 0.15) is 12.3 Å². The summed E-state index contributed by atoms with van der Waals surface area (Å²) in [4.78, 5) is 14.2. The number of hydrogen-bond acceptors (Lipinski definition) is 5. The molecule has 3 aromatic rings. The Balaban J connectivity index is 1.92. The van der Waals surface area contributed by atoms with Crippen LogP contribution in [-0.2, 0) is 34.2 Å². The molecule has 192 valence electrons. The number of anilines is 1. The van der Waals surface area contributed by atoms with Gasteiger partial charge >= 0.3 is 0 Å². The van der Waals surface area contributed by atoms with Crippen molar-refractivity contribution in [2.45, 2.75) is 49.9 Å². The highest BCUT2D eigenvalue weighted by molar-refractivity contribution is 7.98. The summed E-state index contributed by atoms with van der Waals surface area (Å²) in [5, 5.41) is 2.93. The van der Waals surface area contributed by atoms with Gasteiger partial charge in [-0.2, -0.15) is 0 Å². The number of nitrogens with zero attached hydrogens (tertiary/aromatic N) is 1. The molecule has 3 rings (SSSR count). The number of rotatable bonds is 12. The van der Waals surface area contributed by atoms with Crippen molar-refractivity contribution < 1.29 is 17.9 Å². The molecule has 0 aliphatic carbocycles. The Bertz CT molecular complexity index is 1270. The van der Waals surface area contributed by atoms with E-state index in [1.54, 1.807) is 48.5 Å². The second kappa shape index (κ2) is 12.8. The van der Waals surface area contributed by atoms with E-state index in [0.29, 0.717) is 24.6 Å². The van der Waals surface area contributed by atoms with Crippen molar-refractivity contribution in [3.63, 3.8) is 0 Å². The molecule has 0 unspecified atom stereocenters. The van der Waals surface area contributed by atoms with Crippen molar-refractivity contribution in [2.75, 3.05) is 23.7 Å². The highest BCUT2D eigenvalue weighted by Crippen LogP contribution is 2.33. The average Bonchev–Trinajstić information content (AvgIpc) is 2.91. The Morgan fingerprint density at radius 2 is 1.67 bits per heavy atom. The first-order valence-corrected chi connectivity index (χ1v) is 14.8. The maximum absolute atomic E-state index is 13.8. The van der Waals surface area contributed by atoms with Crippen molar-refractivity contribution in [1.29, 1.82) is 0 Å². The molecule has 3 aromatic carbocycles. The molecule has 0 aliphatic rings. The second-order valence-electron chi connectivity index (χ2n) is 8.17. The molecule has 8 heteroatoms. The molecule has 1 amide bonds. The number of amides is 1. The number of carbonyl (C=O) groups excluding carboxylic acids is 1. The van der Waals surface area contributed by atoms with Crippen LogP contribution < -0.4 is 14.4 Å². The second-order valence-corrected chi connectivity index (χ2v) is 10.9. The van der Waals surface area contributed by atoms with Crippen molar-refractivity contribution in [3.8, 4) is 5.75 Å². The Kier molecular flexibility index (Phi) is 9.84. The van der Waals surface area contributed by atoms with Gasteiger partial charge in [0.15, 0.2) is 0 Å². The van der Waals surface area contributed by atoms with E-state index in [9.17, 15) is 13.2 Å². The molecule has 0 aliphatic heterocycles. The highest BCUT2D eigenvalue weighted by Gasteiger charge is 2.29. The summed E-state index contributed by atoms with van der Waals surface area (Å²) in [5.41, 5.74) is 3.72. The topological polar surface area (TPSA) is 75.7 Å². The lowest BCUT2D eigenvalue weighted by Gasteiger charge is -2.26. The summed E-state index contributed by atoms with van der Waals surface area (Å²) in [7, 11) is -4.04. The van der Waals surface area contributed by atoms with Gasteiger partial charge in [0.05, 0.1) is 17.2 Å². The summed E-state index contributed by atoms with van der Waals surface area (Å²) in [5.74, 6) is 0.00981. The molecule has 0 radical (unpaired) electrons. The zero-order valence-electron chi connectivity index (χ0n) is 21.3. The Morgan fingerprint density at radius 1 is 0.944 bits per heavy atom. The van der Waals surface area contributed by atoms with Crippen LogP contribution in [0, 0.1) is 0 Å². The molecule has 0 heterocycles. The molecule has 0 fully saturated rings. The molecule has 0 atom stereocenters. The SMILES string of the molecule is CCOc1ccccc1N(CC(=O)NCc1cc(CC)ccc1CC)S(=O)(=O)c1ccc(SC)cc1. The van der Waals surface area contributed by atoms with Gasteiger partial charge in [0.25, 0.3) is 10.0 Å². The first-order valence-electron chi connectivity index (χ1n) is 12.1. The molecule has 0 aromatic heterocycles. The van der Waals surface area contributed by atoms with Crippen LogP contribution in [-0.4, -0.2) is 33.7 Å². The van der Waals surface area contributed by atoms with E-state index in [1.807, 2.05) is 13.2 Å². The summed E-state index contributed by atoms with van der Waals surface area (Å²) in [6, 6.07) is 19.8. The molecular formula is C28H34N2O4S2. The molecule has 6 nitrogen and oxygen atoms in total. The third kappa shape index (κ3) is 6.62. The Labute approximate surface area is 219 Å². The third-order valence-electron chi connectivity index (χ3n) is 5.90. The normalized spacial score (nSPS) is 11.2. The van der Waals surface area contributed by atoms with Gasteiger partial charge in [-0.3, -0.25) is 9.10 Å². The van der Waals surface area contributed by atoms with Gasteiger partial charge in [-0.25, -0.2) is 8.42 Å². The van der Waals surface area contributed by atoms with Crippen molar-refractivity contribution >= 4 is 33.4 Å². The maximum Gasteiger partial charge on any atom is 0.264 e. The Hall–Kier alpha value is -2.97. The monoisotopic (exact) mass is 526 g/mol. The number of carbonyl (C=O) groups is 1. The lowest BCUT2D eigenvalue weighted by molar-refractivity contribution is -0.119. The standard InChI is InChI=1S/C28H34N2O4S2/c1-5-21-12-13-22(6-2)23(18-21)19-29-28(31)20-30(26-10-8-9-11-27(26)34-7-3)36(32,33)25-16-14-24(35-4)15-17-25/h8-18H,5-7,19-20H2,1-4H3,(H,29,31). The van der Waals surface area contributed by atoms with E-state index >= 15 is 0 Å². The molecular weight excluding hydrogens is 492 g/mol. The Morgan fingerprint density at radius 3 is 2.31 bits per heavy atom. The molecule has 0 spiro atoms.